The van der Waals surface area contributed by atoms with Crippen LogP contribution >= 0.6 is 0 Å². The van der Waals surface area contributed by atoms with Gasteiger partial charge in [0.15, 0.2) is 0 Å². The minimum absolute atomic E-state index is 0.0440. The molecular weight excluding hydrogens is 252 g/mol. The second-order valence-corrected chi connectivity index (χ2v) is 6.35. The highest BCUT2D eigenvalue weighted by Crippen LogP contribution is 2.27. The molecule has 1 aliphatic heterocycles. The van der Waals surface area contributed by atoms with Gasteiger partial charge in [-0.05, 0) is 23.6 Å². The minimum Gasteiger partial charge on any atom is -0.352 e. The summed E-state index contributed by atoms with van der Waals surface area (Å²) in [6.45, 7) is 6.22. The first-order valence-electron chi connectivity index (χ1n) is 6.95. The van der Waals surface area contributed by atoms with Crippen molar-refractivity contribution in [2.45, 2.75) is 40.2 Å². The number of hydrogen-bond donors (Lipinski definition) is 1. The third-order valence-electron chi connectivity index (χ3n) is 3.62. The van der Waals surface area contributed by atoms with Gasteiger partial charge in [-0.15, -0.1) is 0 Å². The smallest absolute Gasteiger partial charge is 0.227 e. The van der Waals surface area contributed by atoms with Crippen LogP contribution in [-0.4, -0.2) is 18.9 Å². The van der Waals surface area contributed by atoms with E-state index in [0.29, 0.717) is 13.0 Å². The lowest BCUT2D eigenvalue weighted by Crippen LogP contribution is -2.34. The fraction of sp³-hybridized carbons (Fsp3) is 0.500. The molecule has 0 aromatic heterocycles. The molecule has 0 radical (unpaired) electrons. The Morgan fingerprint density at radius 2 is 2.00 bits per heavy atom. The SMILES string of the molecule is CN1C(=O)CCc2cc(CNC(=O)C(C)(C)C)ccc21. The molecule has 20 heavy (non-hydrogen) atoms. The van der Waals surface area contributed by atoms with Crippen molar-refractivity contribution in [1.29, 1.82) is 0 Å². The van der Waals surface area contributed by atoms with E-state index >= 15 is 0 Å². The van der Waals surface area contributed by atoms with Gasteiger partial charge in [-0.2, -0.15) is 0 Å². The molecule has 1 heterocycles. The molecule has 0 atom stereocenters. The van der Waals surface area contributed by atoms with Crippen LogP contribution in [0.2, 0.25) is 0 Å². The number of benzene rings is 1. The van der Waals surface area contributed by atoms with Crippen molar-refractivity contribution in [1.82, 2.24) is 5.32 Å². The van der Waals surface area contributed by atoms with Crippen LogP contribution in [0.25, 0.3) is 0 Å². The van der Waals surface area contributed by atoms with Crippen LogP contribution in [0.4, 0.5) is 5.69 Å². The van der Waals surface area contributed by atoms with Crippen LogP contribution < -0.4 is 10.2 Å². The normalized spacial score (nSPS) is 15.0. The van der Waals surface area contributed by atoms with E-state index < -0.39 is 0 Å². The lowest BCUT2D eigenvalue weighted by atomic mass is 9.95. The van der Waals surface area contributed by atoms with Crippen molar-refractivity contribution in [3.05, 3.63) is 29.3 Å². The maximum absolute atomic E-state index is 11.9. The Kier molecular flexibility index (Phi) is 3.84. The topological polar surface area (TPSA) is 49.4 Å². The average Bonchev–Trinajstić information content (AvgIpc) is 2.39. The lowest BCUT2D eigenvalue weighted by molar-refractivity contribution is -0.128. The quantitative estimate of drug-likeness (QED) is 0.899. The fourth-order valence-electron chi connectivity index (χ4n) is 2.27. The van der Waals surface area contributed by atoms with E-state index in [1.54, 1.807) is 11.9 Å². The van der Waals surface area contributed by atoms with E-state index in [2.05, 4.69) is 11.4 Å². The summed E-state index contributed by atoms with van der Waals surface area (Å²) < 4.78 is 0. The summed E-state index contributed by atoms with van der Waals surface area (Å²) >= 11 is 0. The molecule has 2 rings (SSSR count). The van der Waals surface area contributed by atoms with Gasteiger partial charge in [0.2, 0.25) is 11.8 Å². The molecule has 1 aromatic carbocycles. The summed E-state index contributed by atoms with van der Waals surface area (Å²) in [4.78, 5) is 25.2. The Morgan fingerprint density at radius 3 is 2.65 bits per heavy atom. The Bertz CT molecular complexity index is 544. The first kappa shape index (κ1) is 14.6. The molecule has 1 aliphatic rings. The molecule has 0 spiro atoms. The van der Waals surface area contributed by atoms with Crippen LogP contribution in [0.1, 0.15) is 38.3 Å². The number of amides is 2. The van der Waals surface area contributed by atoms with Gasteiger partial charge < -0.3 is 10.2 Å². The second-order valence-electron chi connectivity index (χ2n) is 6.35. The van der Waals surface area contributed by atoms with E-state index in [4.69, 9.17) is 0 Å². The molecule has 0 fully saturated rings. The molecule has 0 aliphatic carbocycles. The van der Waals surface area contributed by atoms with Gasteiger partial charge in [-0.25, -0.2) is 0 Å². The highest BCUT2D eigenvalue weighted by atomic mass is 16.2. The van der Waals surface area contributed by atoms with E-state index in [9.17, 15) is 9.59 Å². The molecule has 108 valence electrons. The van der Waals surface area contributed by atoms with Crippen LogP contribution in [-0.2, 0) is 22.6 Å². The highest BCUT2D eigenvalue weighted by Gasteiger charge is 2.22. The second kappa shape index (κ2) is 5.27. The van der Waals surface area contributed by atoms with Crippen molar-refractivity contribution in [2.24, 2.45) is 5.41 Å². The average molecular weight is 274 g/mol. The lowest BCUT2D eigenvalue weighted by Gasteiger charge is -2.26. The van der Waals surface area contributed by atoms with Gasteiger partial charge in [0.25, 0.3) is 0 Å². The zero-order valence-corrected chi connectivity index (χ0v) is 12.6. The number of anilines is 1. The molecule has 1 N–H and O–H groups in total. The maximum Gasteiger partial charge on any atom is 0.227 e. The maximum atomic E-state index is 11.9. The Labute approximate surface area is 120 Å². The van der Waals surface area contributed by atoms with E-state index in [-0.39, 0.29) is 17.2 Å². The molecule has 0 saturated carbocycles. The van der Waals surface area contributed by atoms with Crippen molar-refractivity contribution >= 4 is 17.5 Å². The Balaban J connectivity index is 2.09. The van der Waals surface area contributed by atoms with Gasteiger partial charge in [0.1, 0.15) is 0 Å². The van der Waals surface area contributed by atoms with Gasteiger partial charge in [-0.3, -0.25) is 9.59 Å². The van der Waals surface area contributed by atoms with Crippen LogP contribution in [0.5, 0.6) is 0 Å². The minimum atomic E-state index is -0.374. The number of nitrogens with zero attached hydrogens (tertiary/aromatic N) is 1. The predicted octanol–water partition coefficient (Wildman–Crippen LogP) is 2.26. The number of hydrogen-bond acceptors (Lipinski definition) is 2. The summed E-state index contributed by atoms with van der Waals surface area (Å²) in [5.74, 6) is 0.203. The van der Waals surface area contributed by atoms with Crippen molar-refractivity contribution in [2.75, 3.05) is 11.9 Å². The molecule has 4 nitrogen and oxygen atoms in total. The summed E-state index contributed by atoms with van der Waals surface area (Å²) in [5.41, 5.74) is 2.85. The van der Waals surface area contributed by atoms with E-state index in [1.165, 1.54) is 5.56 Å². The molecule has 0 saturated heterocycles. The highest BCUT2D eigenvalue weighted by molar-refractivity contribution is 5.95. The van der Waals surface area contributed by atoms with E-state index in [1.807, 2.05) is 32.9 Å². The molecule has 4 heteroatoms. The number of nitrogens with one attached hydrogen (secondary N) is 1. The first-order valence-corrected chi connectivity index (χ1v) is 6.95. The van der Waals surface area contributed by atoms with Gasteiger partial charge in [0.05, 0.1) is 0 Å². The predicted molar refractivity (Wildman–Crippen MR) is 79.5 cm³/mol. The summed E-state index contributed by atoms with van der Waals surface area (Å²) in [6.07, 6.45) is 1.33. The third-order valence-corrected chi connectivity index (χ3v) is 3.62. The molecule has 1 aromatic rings. The van der Waals surface area contributed by atoms with Crippen molar-refractivity contribution in [3.63, 3.8) is 0 Å². The number of carbonyl (C=O) groups is 2. The first-order chi connectivity index (χ1) is 9.29. The summed E-state index contributed by atoms with van der Waals surface area (Å²) in [6, 6.07) is 6.02. The number of rotatable bonds is 2. The zero-order chi connectivity index (χ0) is 14.9. The van der Waals surface area contributed by atoms with Gasteiger partial charge in [0, 0.05) is 31.1 Å². The van der Waals surface area contributed by atoms with Crippen LogP contribution in [0.15, 0.2) is 18.2 Å². The zero-order valence-electron chi connectivity index (χ0n) is 12.6. The molecule has 0 unspecified atom stereocenters. The van der Waals surface area contributed by atoms with Crippen molar-refractivity contribution < 1.29 is 9.59 Å². The summed E-state index contributed by atoms with van der Waals surface area (Å²) in [7, 11) is 1.81. The molecule has 2 amide bonds. The summed E-state index contributed by atoms with van der Waals surface area (Å²) in [5, 5.41) is 2.95. The monoisotopic (exact) mass is 274 g/mol. The third kappa shape index (κ3) is 3.00. The van der Waals surface area contributed by atoms with Gasteiger partial charge >= 0.3 is 0 Å². The number of carbonyl (C=O) groups excluding carboxylic acids is 2. The fourth-order valence-corrected chi connectivity index (χ4v) is 2.27. The van der Waals surface area contributed by atoms with Gasteiger partial charge in [-0.1, -0.05) is 32.9 Å². The van der Waals surface area contributed by atoms with Crippen LogP contribution in [0.3, 0.4) is 0 Å². The molecular formula is C16H22N2O2. The Hall–Kier alpha value is -1.84. The van der Waals surface area contributed by atoms with Crippen molar-refractivity contribution in [3.8, 4) is 0 Å². The standard InChI is InChI=1S/C16H22N2O2/c1-16(2,3)15(20)17-10-11-5-7-13-12(9-11)6-8-14(19)18(13)4/h5,7,9H,6,8,10H2,1-4H3,(H,17,20). The largest absolute Gasteiger partial charge is 0.352 e. The Morgan fingerprint density at radius 1 is 1.30 bits per heavy atom. The van der Waals surface area contributed by atoms with Crippen LogP contribution in [0, 0.1) is 5.41 Å². The van der Waals surface area contributed by atoms with E-state index in [0.717, 1.165) is 17.7 Å². The number of aryl methyl sites for hydroxylation is 1. The molecule has 0 bridgehead atoms. The number of fused-ring (bicyclic) bond motifs is 1.